The lowest BCUT2D eigenvalue weighted by molar-refractivity contribution is -0.140. The topological polar surface area (TPSA) is 111 Å². The van der Waals surface area contributed by atoms with Crippen LogP contribution in [0.4, 0.5) is 5.69 Å². The molecule has 1 aliphatic heterocycles. The minimum atomic E-state index is -0.296. The number of hydrogen-bond acceptors (Lipinski definition) is 7. The molecule has 1 aromatic carbocycles. The second-order valence-corrected chi connectivity index (χ2v) is 6.78. The standard InChI is InChI=1S/C20H30N2O6/c1-26-17-12-15(20(25)22-9-4-3-6-14(22)8-10-23)16(21)13-18(17)28-11-5-7-19(24)27-2/h12-14,23H,3-11,21H2,1-2H3/t14-/m0/s1. The van der Waals surface area contributed by atoms with Gasteiger partial charge in [0.2, 0.25) is 0 Å². The van der Waals surface area contributed by atoms with Gasteiger partial charge < -0.3 is 30.0 Å². The lowest BCUT2D eigenvalue weighted by Gasteiger charge is -2.36. The van der Waals surface area contributed by atoms with Crippen LogP contribution in [-0.4, -0.2) is 61.9 Å². The molecule has 0 aliphatic carbocycles. The molecule has 1 saturated heterocycles. The van der Waals surface area contributed by atoms with E-state index in [0.29, 0.717) is 48.7 Å². The van der Waals surface area contributed by atoms with Crippen molar-refractivity contribution in [3.63, 3.8) is 0 Å². The van der Waals surface area contributed by atoms with E-state index >= 15 is 0 Å². The second-order valence-electron chi connectivity index (χ2n) is 6.78. The summed E-state index contributed by atoms with van der Waals surface area (Å²) in [6.07, 6.45) is 4.17. The van der Waals surface area contributed by atoms with Gasteiger partial charge in [0, 0.05) is 37.4 Å². The molecule has 0 aromatic heterocycles. The number of aliphatic hydroxyl groups excluding tert-OH is 1. The molecule has 8 heteroatoms. The molecule has 28 heavy (non-hydrogen) atoms. The van der Waals surface area contributed by atoms with E-state index in [1.165, 1.54) is 14.2 Å². The highest BCUT2D eigenvalue weighted by Gasteiger charge is 2.29. The van der Waals surface area contributed by atoms with Crippen LogP contribution in [0.25, 0.3) is 0 Å². The van der Waals surface area contributed by atoms with Gasteiger partial charge in [0.15, 0.2) is 11.5 Å². The number of nitrogens with zero attached hydrogens (tertiary/aromatic N) is 1. The van der Waals surface area contributed by atoms with Crippen molar-refractivity contribution in [3.8, 4) is 11.5 Å². The Balaban J connectivity index is 2.12. The zero-order valence-corrected chi connectivity index (χ0v) is 16.6. The fourth-order valence-corrected chi connectivity index (χ4v) is 3.41. The van der Waals surface area contributed by atoms with Gasteiger partial charge in [-0.25, -0.2) is 0 Å². The summed E-state index contributed by atoms with van der Waals surface area (Å²) in [5, 5.41) is 9.29. The number of nitrogen functional groups attached to an aromatic ring is 1. The summed E-state index contributed by atoms with van der Waals surface area (Å²) in [5.41, 5.74) is 6.81. The Hall–Kier alpha value is -2.48. The Kier molecular flexibility index (Phi) is 8.38. The smallest absolute Gasteiger partial charge is 0.305 e. The van der Waals surface area contributed by atoms with Gasteiger partial charge in [0.05, 0.1) is 26.4 Å². The minimum absolute atomic E-state index is 0.0193. The summed E-state index contributed by atoms with van der Waals surface area (Å²) in [6, 6.07) is 3.19. The molecule has 1 heterocycles. The van der Waals surface area contributed by atoms with E-state index in [-0.39, 0.29) is 30.9 Å². The maximum absolute atomic E-state index is 13.1. The lowest BCUT2D eigenvalue weighted by atomic mass is 9.98. The third kappa shape index (κ3) is 5.51. The first-order valence-electron chi connectivity index (χ1n) is 9.60. The molecule has 8 nitrogen and oxygen atoms in total. The number of ether oxygens (including phenoxy) is 3. The summed E-state index contributed by atoms with van der Waals surface area (Å²) < 4.78 is 15.6. The van der Waals surface area contributed by atoms with Gasteiger partial charge >= 0.3 is 5.97 Å². The van der Waals surface area contributed by atoms with Crippen LogP contribution >= 0.6 is 0 Å². The van der Waals surface area contributed by atoms with E-state index in [1.807, 2.05) is 0 Å². The van der Waals surface area contributed by atoms with E-state index in [9.17, 15) is 14.7 Å². The summed E-state index contributed by atoms with van der Waals surface area (Å²) in [4.78, 5) is 26.0. The van der Waals surface area contributed by atoms with Crippen LogP contribution in [0.15, 0.2) is 12.1 Å². The van der Waals surface area contributed by atoms with E-state index in [2.05, 4.69) is 4.74 Å². The maximum Gasteiger partial charge on any atom is 0.305 e. The van der Waals surface area contributed by atoms with Crippen LogP contribution in [0.2, 0.25) is 0 Å². The Bertz CT molecular complexity index is 677. The SMILES string of the molecule is COC(=O)CCCOc1cc(N)c(C(=O)N2CCCC[C@H]2CCO)cc1OC. The summed E-state index contributed by atoms with van der Waals surface area (Å²) >= 11 is 0. The predicted octanol–water partition coefficient (Wildman–Crippen LogP) is 1.99. The average Bonchev–Trinajstić information content (AvgIpc) is 2.71. The average molecular weight is 394 g/mol. The van der Waals surface area contributed by atoms with Crippen LogP contribution in [0, 0.1) is 0 Å². The number of rotatable bonds is 9. The Labute approximate surface area is 165 Å². The van der Waals surface area contributed by atoms with Gasteiger partial charge in [-0.05, 0) is 38.2 Å². The van der Waals surface area contributed by atoms with Crippen LogP contribution < -0.4 is 15.2 Å². The number of aliphatic hydroxyl groups is 1. The largest absolute Gasteiger partial charge is 0.493 e. The molecule has 1 aromatic rings. The molecule has 0 saturated carbocycles. The number of methoxy groups -OCH3 is 2. The van der Waals surface area contributed by atoms with Crippen LogP contribution in [0.3, 0.4) is 0 Å². The van der Waals surface area contributed by atoms with E-state index in [1.54, 1.807) is 17.0 Å². The third-order valence-corrected chi connectivity index (χ3v) is 4.93. The number of piperidine rings is 1. The number of nitrogens with two attached hydrogens (primary N) is 1. The van der Waals surface area contributed by atoms with Crippen molar-refractivity contribution in [2.24, 2.45) is 0 Å². The van der Waals surface area contributed by atoms with Gasteiger partial charge in [-0.2, -0.15) is 0 Å². The third-order valence-electron chi connectivity index (χ3n) is 4.93. The first-order chi connectivity index (χ1) is 13.5. The van der Waals surface area contributed by atoms with Gasteiger partial charge in [-0.1, -0.05) is 0 Å². The van der Waals surface area contributed by atoms with Gasteiger partial charge in [0.25, 0.3) is 5.91 Å². The molecule has 1 aliphatic rings. The Morgan fingerprint density at radius 1 is 1.25 bits per heavy atom. The fraction of sp³-hybridized carbons (Fsp3) is 0.600. The molecule has 1 fully saturated rings. The molecule has 2 rings (SSSR count). The first-order valence-corrected chi connectivity index (χ1v) is 9.60. The maximum atomic E-state index is 13.1. The van der Waals surface area contributed by atoms with Crippen LogP contribution in [0.5, 0.6) is 11.5 Å². The number of likely N-dealkylation sites (tertiary alicyclic amines) is 1. The number of esters is 1. The Morgan fingerprint density at radius 3 is 2.71 bits per heavy atom. The second kappa shape index (κ2) is 10.8. The van der Waals surface area contributed by atoms with Crippen molar-refractivity contribution in [3.05, 3.63) is 17.7 Å². The highest BCUT2D eigenvalue weighted by Crippen LogP contribution is 2.34. The summed E-state index contributed by atoms with van der Waals surface area (Å²) in [6.45, 7) is 0.992. The van der Waals surface area contributed by atoms with E-state index in [0.717, 1.165) is 19.3 Å². The molecule has 156 valence electrons. The molecule has 0 bridgehead atoms. The minimum Gasteiger partial charge on any atom is -0.493 e. The van der Waals surface area contributed by atoms with Crippen molar-refractivity contribution in [2.45, 2.75) is 44.6 Å². The van der Waals surface area contributed by atoms with Crippen molar-refractivity contribution in [2.75, 3.05) is 39.7 Å². The highest BCUT2D eigenvalue weighted by molar-refractivity contribution is 6.00. The summed E-state index contributed by atoms with van der Waals surface area (Å²) in [7, 11) is 2.84. The van der Waals surface area contributed by atoms with Crippen molar-refractivity contribution in [1.29, 1.82) is 0 Å². The number of benzene rings is 1. The number of carbonyl (C=O) groups excluding carboxylic acids is 2. The molecule has 1 amide bonds. The van der Waals surface area contributed by atoms with E-state index < -0.39 is 0 Å². The molecule has 0 unspecified atom stereocenters. The van der Waals surface area contributed by atoms with Gasteiger partial charge in [0.1, 0.15) is 0 Å². The normalized spacial score (nSPS) is 16.5. The predicted molar refractivity (Wildman–Crippen MR) is 105 cm³/mol. The first kappa shape index (κ1) is 21.8. The molecular weight excluding hydrogens is 364 g/mol. The molecule has 0 radical (unpaired) electrons. The van der Waals surface area contributed by atoms with Gasteiger partial charge in [-0.3, -0.25) is 9.59 Å². The number of amides is 1. The van der Waals surface area contributed by atoms with Crippen LogP contribution in [0.1, 0.15) is 48.9 Å². The van der Waals surface area contributed by atoms with Crippen LogP contribution in [-0.2, 0) is 9.53 Å². The highest BCUT2D eigenvalue weighted by atomic mass is 16.5. The van der Waals surface area contributed by atoms with E-state index in [4.69, 9.17) is 15.2 Å². The lowest BCUT2D eigenvalue weighted by Crippen LogP contribution is -2.44. The zero-order valence-electron chi connectivity index (χ0n) is 16.6. The fourth-order valence-electron chi connectivity index (χ4n) is 3.41. The quantitative estimate of drug-likeness (QED) is 0.374. The number of anilines is 1. The van der Waals surface area contributed by atoms with Crippen molar-refractivity contribution < 1.29 is 28.9 Å². The number of hydrogen-bond donors (Lipinski definition) is 2. The zero-order chi connectivity index (χ0) is 20.5. The summed E-state index contributed by atoms with van der Waals surface area (Å²) in [5.74, 6) is 0.375. The molecule has 1 atom stereocenters. The monoisotopic (exact) mass is 394 g/mol. The molecule has 3 N–H and O–H groups in total. The number of carbonyl (C=O) groups is 2. The Morgan fingerprint density at radius 2 is 2.04 bits per heavy atom. The molecular formula is C20H30N2O6. The van der Waals surface area contributed by atoms with Gasteiger partial charge in [-0.15, -0.1) is 0 Å². The van der Waals surface area contributed by atoms with Crippen molar-refractivity contribution >= 4 is 17.6 Å². The van der Waals surface area contributed by atoms with Crippen molar-refractivity contribution in [1.82, 2.24) is 4.90 Å². The molecule has 0 spiro atoms.